The molecule has 2 rings (SSSR count). The van der Waals surface area contributed by atoms with Gasteiger partial charge in [-0.25, -0.2) is 4.98 Å². The second kappa shape index (κ2) is 7.09. The Hall–Kier alpha value is -0.620. The molecule has 0 spiro atoms. The molecule has 0 amide bonds. The van der Waals surface area contributed by atoms with Gasteiger partial charge < -0.3 is 5.32 Å². The molecule has 1 unspecified atom stereocenters. The van der Waals surface area contributed by atoms with Crippen molar-refractivity contribution in [3.05, 3.63) is 16.1 Å². The highest BCUT2D eigenvalue weighted by Gasteiger charge is 2.36. The molecule has 1 heterocycles. The number of rotatable bonds is 5. The van der Waals surface area contributed by atoms with E-state index in [0.29, 0.717) is 5.92 Å². The lowest BCUT2D eigenvalue weighted by atomic mass is 9.77. The Balaban J connectivity index is 2.10. The fourth-order valence-electron chi connectivity index (χ4n) is 3.21. The normalized spacial score (nSPS) is 25.0. The number of nitrogens with one attached hydrogen (secondary N) is 1. The molecule has 1 aromatic heterocycles. The molecule has 2 nitrogen and oxygen atoms in total. The van der Waals surface area contributed by atoms with E-state index in [1.807, 2.05) is 6.92 Å². The van der Waals surface area contributed by atoms with Gasteiger partial charge in [-0.15, -0.1) is 11.3 Å². The summed E-state index contributed by atoms with van der Waals surface area (Å²) in [6, 6.07) is 0.0152. The summed E-state index contributed by atoms with van der Waals surface area (Å²) in [7, 11) is 0. The largest absolute Gasteiger partial charge is 0.443 e. The zero-order valence-electron chi connectivity index (χ0n) is 12.5. The van der Waals surface area contributed by atoms with Gasteiger partial charge in [-0.3, -0.25) is 0 Å². The molecule has 1 N–H and O–H groups in total. The molecule has 1 aliphatic carbocycles. The predicted octanol–water partition coefficient (Wildman–Crippen LogP) is 5.03. The highest BCUT2D eigenvalue weighted by Crippen LogP contribution is 2.41. The van der Waals surface area contributed by atoms with Crippen molar-refractivity contribution in [2.75, 3.05) is 6.54 Å². The average molecular weight is 320 g/mol. The highest BCUT2D eigenvalue weighted by molar-refractivity contribution is 7.11. The fourth-order valence-corrected chi connectivity index (χ4v) is 4.16. The summed E-state index contributed by atoms with van der Waals surface area (Å²) in [4.78, 5) is 4.30. The van der Waals surface area contributed by atoms with Gasteiger partial charge in [0.2, 0.25) is 0 Å². The lowest BCUT2D eigenvalue weighted by Crippen LogP contribution is -2.30. The molecular formula is C15H23F3N2S. The Morgan fingerprint density at radius 1 is 1.29 bits per heavy atom. The first-order valence-corrected chi connectivity index (χ1v) is 8.53. The van der Waals surface area contributed by atoms with Crippen molar-refractivity contribution >= 4 is 11.3 Å². The van der Waals surface area contributed by atoms with E-state index in [-0.39, 0.29) is 6.04 Å². The van der Waals surface area contributed by atoms with E-state index < -0.39 is 11.2 Å². The summed E-state index contributed by atoms with van der Waals surface area (Å²) in [5.74, 6) is 1.21. The number of alkyl halides is 3. The SMILES string of the molecule is CCNC(c1cnc(C(F)(F)F)s1)C1CCC(CC)CC1. The molecule has 1 aromatic rings. The Morgan fingerprint density at radius 2 is 1.95 bits per heavy atom. The monoisotopic (exact) mass is 320 g/mol. The Kier molecular flexibility index (Phi) is 5.66. The second-order valence-electron chi connectivity index (χ2n) is 5.79. The minimum atomic E-state index is -4.33. The first kappa shape index (κ1) is 16.7. The van der Waals surface area contributed by atoms with Crippen molar-refractivity contribution in [1.82, 2.24) is 10.3 Å². The first-order chi connectivity index (χ1) is 9.95. The van der Waals surface area contributed by atoms with Gasteiger partial charge in [-0.1, -0.05) is 33.1 Å². The molecule has 0 bridgehead atoms. The van der Waals surface area contributed by atoms with Gasteiger partial charge in [0.15, 0.2) is 5.01 Å². The van der Waals surface area contributed by atoms with Gasteiger partial charge in [0.05, 0.1) is 0 Å². The minimum Gasteiger partial charge on any atom is -0.309 e. The van der Waals surface area contributed by atoms with Gasteiger partial charge in [-0.2, -0.15) is 13.2 Å². The van der Waals surface area contributed by atoms with E-state index >= 15 is 0 Å². The molecule has 0 saturated heterocycles. The van der Waals surface area contributed by atoms with Crippen molar-refractivity contribution in [3.63, 3.8) is 0 Å². The van der Waals surface area contributed by atoms with Crippen molar-refractivity contribution in [3.8, 4) is 0 Å². The summed E-state index contributed by atoms with van der Waals surface area (Å²) >= 11 is 0.789. The van der Waals surface area contributed by atoms with Gasteiger partial charge >= 0.3 is 6.18 Å². The van der Waals surface area contributed by atoms with E-state index in [0.717, 1.165) is 41.5 Å². The summed E-state index contributed by atoms with van der Waals surface area (Å²) in [6.07, 6.45) is 2.84. The van der Waals surface area contributed by atoms with Crippen LogP contribution in [0.15, 0.2) is 6.20 Å². The third-order valence-electron chi connectivity index (χ3n) is 4.44. The van der Waals surface area contributed by atoms with Gasteiger partial charge in [0.25, 0.3) is 0 Å². The van der Waals surface area contributed by atoms with Crippen LogP contribution in [0.4, 0.5) is 13.2 Å². The van der Waals surface area contributed by atoms with E-state index in [4.69, 9.17) is 0 Å². The van der Waals surface area contributed by atoms with Crippen LogP contribution in [-0.4, -0.2) is 11.5 Å². The number of halogens is 3. The van der Waals surface area contributed by atoms with Crippen LogP contribution < -0.4 is 5.32 Å². The zero-order valence-corrected chi connectivity index (χ0v) is 13.4. The zero-order chi connectivity index (χ0) is 15.5. The summed E-state index contributed by atoms with van der Waals surface area (Å²) in [6.45, 7) is 4.97. The van der Waals surface area contributed by atoms with Gasteiger partial charge in [0.1, 0.15) is 0 Å². The minimum absolute atomic E-state index is 0.0152. The van der Waals surface area contributed by atoms with Crippen molar-refractivity contribution in [2.45, 2.75) is 58.2 Å². The molecular weight excluding hydrogens is 297 g/mol. The van der Waals surface area contributed by atoms with Crippen LogP contribution in [0.1, 0.15) is 61.9 Å². The van der Waals surface area contributed by atoms with Crippen LogP contribution >= 0.6 is 11.3 Å². The van der Waals surface area contributed by atoms with Crippen LogP contribution in [0.25, 0.3) is 0 Å². The number of aromatic nitrogens is 1. The quantitative estimate of drug-likeness (QED) is 0.823. The van der Waals surface area contributed by atoms with E-state index in [1.54, 1.807) is 0 Å². The van der Waals surface area contributed by atoms with Crippen molar-refractivity contribution in [1.29, 1.82) is 0 Å². The van der Waals surface area contributed by atoms with Crippen LogP contribution in [0.2, 0.25) is 0 Å². The van der Waals surface area contributed by atoms with Crippen molar-refractivity contribution < 1.29 is 13.2 Å². The molecule has 1 atom stereocenters. The lowest BCUT2D eigenvalue weighted by molar-refractivity contribution is -0.137. The smallest absolute Gasteiger partial charge is 0.309 e. The molecule has 21 heavy (non-hydrogen) atoms. The maximum atomic E-state index is 12.7. The van der Waals surface area contributed by atoms with Crippen LogP contribution in [0.3, 0.4) is 0 Å². The van der Waals surface area contributed by atoms with E-state index in [9.17, 15) is 13.2 Å². The number of thiazole rings is 1. The van der Waals surface area contributed by atoms with Crippen LogP contribution in [-0.2, 0) is 6.18 Å². The average Bonchev–Trinajstić information content (AvgIpc) is 2.94. The molecule has 0 aliphatic heterocycles. The standard InChI is InChI=1S/C15H23F3N2S/c1-3-10-5-7-11(8-6-10)13(19-4-2)12-9-20-14(21-12)15(16,17)18/h9-11,13,19H,3-8H2,1-2H3. The maximum Gasteiger partial charge on any atom is 0.443 e. The van der Waals surface area contributed by atoms with E-state index in [2.05, 4.69) is 17.2 Å². The van der Waals surface area contributed by atoms with Gasteiger partial charge in [0, 0.05) is 17.1 Å². The van der Waals surface area contributed by atoms with Crippen LogP contribution in [0, 0.1) is 11.8 Å². The highest BCUT2D eigenvalue weighted by atomic mass is 32.1. The number of hydrogen-bond acceptors (Lipinski definition) is 3. The molecule has 6 heteroatoms. The molecule has 1 fully saturated rings. The second-order valence-corrected chi connectivity index (χ2v) is 6.85. The Morgan fingerprint density at radius 3 is 2.43 bits per heavy atom. The van der Waals surface area contributed by atoms with Crippen molar-refractivity contribution in [2.24, 2.45) is 11.8 Å². The molecule has 0 radical (unpaired) electrons. The topological polar surface area (TPSA) is 24.9 Å². The number of nitrogens with zero attached hydrogens (tertiary/aromatic N) is 1. The third-order valence-corrected chi connectivity index (χ3v) is 5.56. The molecule has 120 valence electrons. The maximum absolute atomic E-state index is 12.7. The Labute approximate surface area is 128 Å². The van der Waals surface area contributed by atoms with Gasteiger partial charge in [-0.05, 0) is 31.2 Å². The molecule has 1 aliphatic rings. The molecule has 1 saturated carbocycles. The Bertz CT molecular complexity index is 436. The summed E-state index contributed by atoms with van der Waals surface area (Å²) in [5.41, 5.74) is 0. The fraction of sp³-hybridized carbons (Fsp3) is 0.800. The predicted molar refractivity (Wildman–Crippen MR) is 79.3 cm³/mol. The summed E-state index contributed by atoms with van der Waals surface area (Å²) < 4.78 is 38.2. The summed E-state index contributed by atoms with van der Waals surface area (Å²) in [5, 5.41) is 2.64. The van der Waals surface area contributed by atoms with E-state index in [1.165, 1.54) is 25.5 Å². The lowest BCUT2D eigenvalue weighted by Gasteiger charge is -2.33. The number of hydrogen-bond donors (Lipinski definition) is 1. The van der Waals surface area contributed by atoms with Crippen LogP contribution in [0.5, 0.6) is 0 Å². The molecule has 0 aromatic carbocycles. The third kappa shape index (κ3) is 4.19. The first-order valence-electron chi connectivity index (χ1n) is 7.72.